The molecule has 0 spiro atoms. The number of carbonyl (C=O) groups excluding carboxylic acids is 2. The zero-order valence-electron chi connectivity index (χ0n) is 18.3. The first kappa shape index (κ1) is 21.9. The second-order valence-corrected chi connectivity index (χ2v) is 8.71. The number of carboxylic acids is 1. The van der Waals surface area contributed by atoms with Crippen LogP contribution in [-0.4, -0.2) is 53.2 Å². The highest BCUT2D eigenvalue weighted by Crippen LogP contribution is 2.44. The van der Waals surface area contributed by atoms with E-state index >= 15 is 0 Å². The average Bonchev–Trinajstić information content (AvgIpc) is 3.30. The summed E-state index contributed by atoms with van der Waals surface area (Å²) in [7, 11) is 0. The fourth-order valence-electron chi connectivity index (χ4n) is 4.87. The Morgan fingerprint density at radius 3 is 2.28 bits per heavy atom. The topological polar surface area (TPSA) is 95.9 Å². The van der Waals surface area contributed by atoms with Gasteiger partial charge in [-0.2, -0.15) is 0 Å². The summed E-state index contributed by atoms with van der Waals surface area (Å²) in [6.07, 6.45) is 0.106. The predicted octanol–water partition coefficient (Wildman–Crippen LogP) is 3.63. The lowest BCUT2D eigenvalue weighted by Crippen LogP contribution is -2.45. The molecule has 0 bridgehead atoms. The maximum Gasteiger partial charge on any atom is 0.407 e. The van der Waals surface area contributed by atoms with Gasteiger partial charge >= 0.3 is 12.1 Å². The van der Waals surface area contributed by atoms with Crippen molar-refractivity contribution >= 4 is 18.0 Å². The minimum atomic E-state index is -0.986. The summed E-state index contributed by atoms with van der Waals surface area (Å²) in [5.74, 6) is -1.37. The van der Waals surface area contributed by atoms with Gasteiger partial charge in [-0.05, 0) is 41.5 Å². The fourth-order valence-corrected chi connectivity index (χ4v) is 4.87. The molecule has 2 amide bonds. The number of nitrogens with zero attached hydrogens (tertiary/aromatic N) is 1. The first-order chi connectivity index (χ1) is 15.4. The highest BCUT2D eigenvalue weighted by molar-refractivity contribution is 5.85. The van der Waals surface area contributed by atoms with Crippen LogP contribution in [0.3, 0.4) is 0 Å². The van der Waals surface area contributed by atoms with Crippen LogP contribution in [-0.2, 0) is 14.3 Å². The number of aliphatic carboxylic acids is 1. The molecule has 7 nitrogen and oxygen atoms in total. The Bertz CT molecular complexity index is 991. The number of hydrogen-bond acceptors (Lipinski definition) is 4. The number of ether oxygens (including phenoxy) is 1. The van der Waals surface area contributed by atoms with Crippen molar-refractivity contribution in [1.29, 1.82) is 0 Å². The van der Waals surface area contributed by atoms with Crippen molar-refractivity contribution in [1.82, 2.24) is 10.2 Å². The van der Waals surface area contributed by atoms with Crippen LogP contribution >= 0.6 is 0 Å². The number of rotatable bonds is 6. The van der Waals surface area contributed by atoms with Crippen molar-refractivity contribution in [2.75, 3.05) is 13.2 Å². The van der Waals surface area contributed by atoms with Gasteiger partial charge in [-0.15, -0.1) is 0 Å². The molecule has 1 saturated heterocycles. The monoisotopic (exact) mass is 436 g/mol. The van der Waals surface area contributed by atoms with E-state index in [0.29, 0.717) is 13.0 Å². The van der Waals surface area contributed by atoms with Crippen LogP contribution in [0.2, 0.25) is 0 Å². The molecule has 2 unspecified atom stereocenters. The van der Waals surface area contributed by atoms with Gasteiger partial charge in [-0.3, -0.25) is 4.79 Å². The van der Waals surface area contributed by atoms with Crippen LogP contribution in [0.25, 0.3) is 11.1 Å². The number of alkyl carbamates (subject to hydrolysis) is 1. The largest absolute Gasteiger partial charge is 0.480 e. The van der Waals surface area contributed by atoms with E-state index in [1.54, 1.807) is 6.92 Å². The van der Waals surface area contributed by atoms with Crippen LogP contribution in [0, 0.1) is 5.92 Å². The molecular weight excluding hydrogens is 408 g/mol. The highest BCUT2D eigenvalue weighted by atomic mass is 16.5. The molecule has 2 aromatic rings. The second-order valence-electron chi connectivity index (χ2n) is 8.71. The van der Waals surface area contributed by atoms with Gasteiger partial charge in [-0.1, -0.05) is 55.5 Å². The third kappa shape index (κ3) is 4.20. The quantitative estimate of drug-likeness (QED) is 0.721. The van der Waals surface area contributed by atoms with E-state index in [9.17, 15) is 19.5 Å². The molecule has 32 heavy (non-hydrogen) atoms. The van der Waals surface area contributed by atoms with E-state index in [-0.39, 0.29) is 30.8 Å². The SMILES string of the molecule is CC1CCN(C(=O)C[C@@H](C)NC(=O)OCC2c3ccccc3-c3ccccc32)C1C(=O)O. The Kier molecular flexibility index (Phi) is 6.17. The molecule has 0 radical (unpaired) electrons. The number of amides is 2. The Morgan fingerprint density at radius 1 is 1.09 bits per heavy atom. The summed E-state index contributed by atoms with van der Waals surface area (Å²) in [4.78, 5) is 37.9. The molecule has 4 rings (SSSR count). The van der Waals surface area contributed by atoms with Gasteiger partial charge in [-0.25, -0.2) is 9.59 Å². The molecule has 1 aliphatic carbocycles. The Morgan fingerprint density at radius 2 is 1.69 bits per heavy atom. The van der Waals surface area contributed by atoms with Gasteiger partial charge < -0.3 is 20.1 Å². The smallest absolute Gasteiger partial charge is 0.407 e. The Labute approximate surface area is 187 Å². The fraction of sp³-hybridized carbons (Fsp3) is 0.400. The third-order valence-corrected chi connectivity index (χ3v) is 6.46. The maximum absolute atomic E-state index is 12.6. The lowest BCUT2D eigenvalue weighted by molar-refractivity contribution is -0.149. The molecule has 7 heteroatoms. The van der Waals surface area contributed by atoms with Gasteiger partial charge in [0.1, 0.15) is 12.6 Å². The van der Waals surface area contributed by atoms with E-state index in [1.807, 2.05) is 31.2 Å². The molecule has 2 aliphatic rings. The molecule has 2 aromatic carbocycles. The summed E-state index contributed by atoms with van der Waals surface area (Å²) >= 11 is 0. The minimum absolute atomic E-state index is 0.0285. The summed E-state index contributed by atoms with van der Waals surface area (Å²) in [6, 6.07) is 15.0. The summed E-state index contributed by atoms with van der Waals surface area (Å²) in [6.45, 7) is 4.18. The van der Waals surface area contributed by atoms with Crippen LogP contribution in [0.15, 0.2) is 48.5 Å². The normalized spacial score (nSPS) is 20.4. The number of hydrogen-bond donors (Lipinski definition) is 2. The summed E-state index contributed by atoms with van der Waals surface area (Å²) in [5.41, 5.74) is 4.58. The Hall–Kier alpha value is -3.35. The van der Waals surface area contributed by atoms with Crippen LogP contribution < -0.4 is 5.32 Å². The molecule has 2 N–H and O–H groups in total. The maximum atomic E-state index is 12.6. The third-order valence-electron chi connectivity index (χ3n) is 6.46. The van der Waals surface area contributed by atoms with Crippen molar-refractivity contribution in [3.63, 3.8) is 0 Å². The van der Waals surface area contributed by atoms with Crippen molar-refractivity contribution in [2.45, 2.75) is 44.7 Å². The zero-order chi connectivity index (χ0) is 22.8. The molecule has 3 atom stereocenters. The van der Waals surface area contributed by atoms with Gasteiger partial charge in [0, 0.05) is 24.9 Å². The molecule has 168 valence electrons. The second kappa shape index (κ2) is 9.02. The lowest BCUT2D eigenvalue weighted by atomic mass is 9.98. The summed E-state index contributed by atoms with van der Waals surface area (Å²) < 4.78 is 5.52. The van der Waals surface area contributed by atoms with Gasteiger partial charge in [0.05, 0.1) is 0 Å². The lowest BCUT2D eigenvalue weighted by Gasteiger charge is -2.25. The van der Waals surface area contributed by atoms with Crippen molar-refractivity contribution < 1.29 is 24.2 Å². The molecule has 0 aromatic heterocycles. The van der Waals surface area contributed by atoms with Gasteiger partial charge in [0.2, 0.25) is 5.91 Å². The summed E-state index contributed by atoms with van der Waals surface area (Å²) in [5, 5.41) is 12.1. The van der Waals surface area contributed by atoms with E-state index in [1.165, 1.54) is 4.90 Å². The molecular formula is C25H28N2O5. The van der Waals surface area contributed by atoms with E-state index in [0.717, 1.165) is 22.3 Å². The molecule has 1 heterocycles. The van der Waals surface area contributed by atoms with E-state index in [2.05, 4.69) is 29.6 Å². The number of carboxylic acid groups (broad SMARTS) is 1. The molecule has 0 saturated carbocycles. The van der Waals surface area contributed by atoms with E-state index < -0.39 is 24.1 Å². The van der Waals surface area contributed by atoms with Crippen LogP contribution in [0.4, 0.5) is 4.79 Å². The average molecular weight is 437 g/mol. The van der Waals surface area contributed by atoms with Crippen molar-refractivity contribution in [3.05, 3.63) is 59.7 Å². The van der Waals surface area contributed by atoms with Crippen molar-refractivity contribution in [3.8, 4) is 11.1 Å². The van der Waals surface area contributed by atoms with Crippen LogP contribution in [0.1, 0.15) is 43.7 Å². The Balaban J connectivity index is 1.33. The van der Waals surface area contributed by atoms with Crippen molar-refractivity contribution in [2.24, 2.45) is 5.92 Å². The highest BCUT2D eigenvalue weighted by Gasteiger charge is 2.39. The van der Waals surface area contributed by atoms with E-state index in [4.69, 9.17) is 4.74 Å². The number of benzene rings is 2. The number of likely N-dealkylation sites (tertiary alicyclic amines) is 1. The van der Waals surface area contributed by atoms with Crippen LogP contribution in [0.5, 0.6) is 0 Å². The first-order valence-electron chi connectivity index (χ1n) is 11.0. The number of fused-ring (bicyclic) bond motifs is 3. The number of carbonyl (C=O) groups is 3. The minimum Gasteiger partial charge on any atom is -0.480 e. The zero-order valence-corrected chi connectivity index (χ0v) is 18.3. The predicted molar refractivity (Wildman–Crippen MR) is 119 cm³/mol. The molecule has 1 aliphatic heterocycles. The van der Waals surface area contributed by atoms with Gasteiger partial charge in [0.25, 0.3) is 0 Å². The number of nitrogens with one attached hydrogen (secondary N) is 1. The van der Waals surface area contributed by atoms with Gasteiger partial charge in [0.15, 0.2) is 0 Å². The first-order valence-corrected chi connectivity index (χ1v) is 11.0. The standard InChI is InChI=1S/C25H28N2O5/c1-15-11-12-27(23(15)24(29)30)22(28)13-16(2)26-25(31)32-14-21-19-9-5-3-7-17(19)18-8-4-6-10-20(18)21/h3-10,15-16,21,23H,11-14H2,1-2H3,(H,26,31)(H,29,30)/t15?,16-,23?/m1/s1. The molecule has 1 fully saturated rings.